The van der Waals surface area contributed by atoms with Crippen LogP contribution in [0.15, 0.2) is 156 Å². The first kappa shape index (κ1) is 29.5. The molecule has 7 aromatic rings. The number of hydrogen-bond donors (Lipinski definition) is 0. The summed E-state index contributed by atoms with van der Waals surface area (Å²) in [4.78, 5) is 13.7. The van der Waals surface area contributed by atoms with Crippen molar-refractivity contribution in [3.05, 3.63) is 162 Å². The van der Waals surface area contributed by atoms with Crippen LogP contribution in [0.2, 0.25) is 0 Å². The average Bonchev–Trinajstić information content (AvgIpc) is 3.36. The van der Waals surface area contributed by atoms with Gasteiger partial charge in [0.25, 0.3) is 0 Å². The smallest absolute Gasteiger partial charge is 0.158 e. The number of para-hydroxylation sites is 1. The van der Waals surface area contributed by atoms with E-state index in [0.717, 1.165) is 22.3 Å². The number of benzene rings is 6. The van der Waals surface area contributed by atoms with E-state index in [0.29, 0.717) is 5.84 Å². The van der Waals surface area contributed by atoms with Gasteiger partial charge in [-0.1, -0.05) is 147 Å². The van der Waals surface area contributed by atoms with E-state index in [1.807, 2.05) is 13.0 Å². The molecule has 0 atom stereocenters. The molecule has 0 aliphatic heterocycles. The van der Waals surface area contributed by atoms with Crippen molar-refractivity contribution in [1.82, 2.24) is 4.98 Å². The zero-order chi connectivity index (χ0) is 32.8. The normalized spacial score (nSPS) is 13.6. The Bertz CT molecular complexity index is 2430. The summed E-state index contributed by atoms with van der Waals surface area (Å²) in [5.41, 5.74) is 14.0. The van der Waals surface area contributed by atoms with Gasteiger partial charge in [-0.05, 0) is 75.0 Å². The van der Waals surface area contributed by atoms with Crippen LogP contribution < -0.4 is 0 Å². The molecule has 1 aliphatic carbocycles. The van der Waals surface area contributed by atoms with Gasteiger partial charge in [0.15, 0.2) is 5.84 Å². The van der Waals surface area contributed by atoms with Gasteiger partial charge in [0.1, 0.15) is 0 Å². The molecule has 48 heavy (non-hydrogen) atoms. The first-order valence-corrected chi connectivity index (χ1v) is 16.4. The minimum Gasteiger partial charge on any atom is -0.247 e. The zero-order valence-electron chi connectivity index (χ0n) is 27.4. The van der Waals surface area contributed by atoms with E-state index in [4.69, 9.17) is 4.98 Å². The molecule has 0 amide bonds. The first-order valence-electron chi connectivity index (χ1n) is 16.4. The lowest BCUT2D eigenvalue weighted by molar-refractivity contribution is 0.662. The van der Waals surface area contributed by atoms with Crippen LogP contribution in [0.4, 0.5) is 0 Å². The summed E-state index contributed by atoms with van der Waals surface area (Å²) in [6, 6.07) is 48.0. The van der Waals surface area contributed by atoms with E-state index >= 15 is 0 Å². The van der Waals surface area contributed by atoms with Crippen LogP contribution in [-0.4, -0.2) is 17.5 Å². The maximum Gasteiger partial charge on any atom is 0.158 e. The number of nitrogens with zero attached hydrogens (tertiary/aromatic N) is 3. The number of aliphatic imine (C=N–C) groups is 2. The van der Waals surface area contributed by atoms with Crippen LogP contribution >= 0.6 is 0 Å². The second kappa shape index (κ2) is 11.7. The van der Waals surface area contributed by atoms with Crippen LogP contribution in [-0.2, 0) is 5.41 Å². The standard InChI is InChI=1S/C45H35N3/c1-5-28-47-44(46-4)32-24-20-30(21-25-32)34-27-26-33(35-12-6-7-13-36(34)35)29-18-22-31(23-19-29)41-38-15-9-11-17-40(38)48-43-37-14-8-10-16-39(37)45(2,3)42(41)43/h5-28H,4H2,1-3H3/b28-5-,47-44-. The molecular weight excluding hydrogens is 583 g/mol. The van der Waals surface area contributed by atoms with Crippen molar-refractivity contribution in [3.63, 3.8) is 0 Å². The van der Waals surface area contributed by atoms with E-state index in [1.165, 1.54) is 60.7 Å². The maximum absolute atomic E-state index is 5.22. The Hall–Kier alpha value is -5.93. The SMILES string of the molecule is C=N/C(=N\C=C/C)c1ccc(-c2ccc(-c3ccc(-c4c5c(nc6ccccc46)-c4ccccc4C5(C)C)cc3)c3ccccc23)cc1. The molecule has 0 bridgehead atoms. The van der Waals surface area contributed by atoms with Gasteiger partial charge in [0, 0.05) is 28.1 Å². The molecule has 230 valence electrons. The molecule has 1 heterocycles. The lowest BCUT2D eigenvalue weighted by atomic mass is 9.78. The van der Waals surface area contributed by atoms with Crippen LogP contribution in [0.5, 0.6) is 0 Å². The summed E-state index contributed by atoms with van der Waals surface area (Å²) in [6.45, 7) is 10.3. The van der Waals surface area contributed by atoms with E-state index in [2.05, 4.69) is 164 Å². The second-order valence-corrected chi connectivity index (χ2v) is 12.9. The van der Waals surface area contributed by atoms with Crippen molar-refractivity contribution < 1.29 is 0 Å². The minimum absolute atomic E-state index is 0.162. The van der Waals surface area contributed by atoms with Gasteiger partial charge in [0.05, 0.1) is 11.2 Å². The summed E-state index contributed by atoms with van der Waals surface area (Å²) >= 11 is 0. The van der Waals surface area contributed by atoms with Gasteiger partial charge in [-0.25, -0.2) is 15.0 Å². The number of pyridine rings is 1. The summed E-state index contributed by atoms with van der Waals surface area (Å²) in [5.74, 6) is 0.612. The summed E-state index contributed by atoms with van der Waals surface area (Å²) < 4.78 is 0. The van der Waals surface area contributed by atoms with Crippen molar-refractivity contribution in [2.24, 2.45) is 9.98 Å². The van der Waals surface area contributed by atoms with E-state index in [-0.39, 0.29) is 5.41 Å². The highest BCUT2D eigenvalue weighted by molar-refractivity contribution is 6.07. The number of rotatable bonds is 5. The second-order valence-electron chi connectivity index (χ2n) is 12.9. The molecule has 0 saturated carbocycles. The summed E-state index contributed by atoms with van der Waals surface area (Å²) in [7, 11) is 0. The molecule has 6 aromatic carbocycles. The van der Waals surface area contributed by atoms with Gasteiger partial charge in [-0.2, -0.15) is 0 Å². The van der Waals surface area contributed by atoms with Crippen molar-refractivity contribution in [2.45, 2.75) is 26.2 Å². The van der Waals surface area contributed by atoms with Crippen LogP contribution in [0.1, 0.15) is 37.5 Å². The molecule has 0 N–H and O–H groups in total. The third-order valence-corrected chi connectivity index (χ3v) is 9.73. The first-order chi connectivity index (χ1) is 23.5. The van der Waals surface area contributed by atoms with Crippen molar-refractivity contribution in [1.29, 1.82) is 0 Å². The van der Waals surface area contributed by atoms with Crippen LogP contribution in [0, 0.1) is 0 Å². The lowest BCUT2D eigenvalue weighted by Gasteiger charge is -2.25. The molecule has 3 heteroatoms. The molecule has 1 aromatic heterocycles. The van der Waals surface area contributed by atoms with Gasteiger partial charge in [-0.3, -0.25) is 0 Å². The fraction of sp³-hybridized carbons (Fsp3) is 0.0889. The molecule has 0 radical (unpaired) electrons. The predicted octanol–water partition coefficient (Wildman–Crippen LogP) is 11.7. The Kier molecular flexibility index (Phi) is 7.18. The van der Waals surface area contributed by atoms with Gasteiger partial charge in [0.2, 0.25) is 0 Å². The molecule has 8 rings (SSSR count). The highest BCUT2D eigenvalue weighted by Crippen LogP contribution is 2.53. The number of fused-ring (bicyclic) bond motifs is 5. The van der Waals surface area contributed by atoms with Gasteiger partial charge in [-0.15, -0.1) is 0 Å². The van der Waals surface area contributed by atoms with E-state index in [1.54, 1.807) is 6.20 Å². The zero-order valence-corrected chi connectivity index (χ0v) is 27.4. The van der Waals surface area contributed by atoms with Crippen molar-refractivity contribution in [2.75, 3.05) is 0 Å². The quantitative estimate of drug-likeness (QED) is 0.140. The fourth-order valence-corrected chi connectivity index (χ4v) is 7.45. The van der Waals surface area contributed by atoms with Gasteiger partial charge >= 0.3 is 0 Å². The Labute approximate surface area is 281 Å². The highest BCUT2D eigenvalue weighted by Gasteiger charge is 2.39. The molecule has 0 fully saturated rings. The highest BCUT2D eigenvalue weighted by atomic mass is 14.9. The number of aromatic nitrogens is 1. The molecule has 0 saturated heterocycles. The molecule has 0 spiro atoms. The lowest BCUT2D eigenvalue weighted by Crippen LogP contribution is -2.16. The van der Waals surface area contributed by atoms with Crippen LogP contribution in [0.3, 0.4) is 0 Å². The maximum atomic E-state index is 5.22. The Morgan fingerprint density at radius 1 is 0.625 bits per heavy atom. The third-order valence-electron chi connectivity index (χ3n) is 9.73. The van der Waals surface area contributed by atoms with Crippen molar-refractivity contribution in [3.8, 4) is 44.6 Å². The summed E-state index contributed by atoms with van der Waals surface area (Å²) in [6.07, 6.45) is 3.62. The molecule has 3 nitrogen and oxygen atoms in total. The van der Waals surface area contributed by atoms with E-state index in [9.17, 15) is 0 Å². The van der Waals surface area contributed by atoms with E-state index < -0.39 is 0 Å². The molecular formula is C45H35N3. The Morgan fingerprint density at radius 3 is 1.83 bits per heavy atom. The average molecular weight is 618 g/mol. The monoisotopic (exact) mass is 617 g/mol. The largest absolute Gasteiger partial charge is 0.247 e. The topological polar surface area (TPSA) is 37.6 Å². The summed E-state index contributed by atoms with van der Waals surface area (Å²) in [5, 5.41) is 3.63. The Morgan fingerprint density at radius 2 is 1.19 bits per heavy atom. The molecule has 0 unspecified atom stereocenters. The number of hydrogen-bond acceptors (Lipinski definition) is 2. The van der Waals surface area contributed by atoms with Crippen molar-refractivity contribution >= 4 is 34.2 Å². The Balaban J connectivity index is 1.22. The third kappa shape index (κ3) is 4.70. The fourth-order valence-electron chi connectivity index (χ4n) is 7.45. The molecule has 1 aliphatic rings. The predicted molar refractivity (Wildman–Crippen MR) is 204 cm³/mol. The minimum atomic E-state index is -0.162. The van der Waals surface area contributed by atoms with Crippen LogP contribution in [0.25, 0.3) is 66.3 Å². The number of amidine groups is 1. The number of allylic oxidation sites excluding steroid dienone is 1. The van der Waals surface area contributed by atoms with Gasteiger partial charge < -0.3 is 0 Å².